The molecule has 1 amide bonds. The summed E-state index contributed by atoms with van der Waals surface area (Å²) in [4.78, 5) is 14.1. The van der Waals surface area contributed by atoms with Gasteiger partial charge in [-0.05, 0) is 33.7 Å². The average molecular weight is 367 g/mol. The highest BCUT2D eigenvalue weighted by atomic mass is 35.5. The SMILES string of the molecule is Cc1noc(C)c1S(=O)(=O)NC(C)C(=O)N1CCCNCC1.Cl. The van der Waals surface area contributed by atoms with Gasteiger partial charge in [0.2, 0.25) is 15.9 Å². The average Bonchev–Trinajstić information content (AvgIpc) is 2.67. The molecule has 132 valence electrons. The van der Waals surface area contributed by atoms with E-state index >= 15 is 0 Å². The van der Waals surface area contributed by atoms with Crippen LogP contribution in [-0.2, 0) is 14.8 Å². The molecule has 2 N–H and O–H groups in total. The summed E-state index contributed by atoms with van der Waals surface area (Å²) >= 11 is 0. The number of hydrogen-bond acceptors (Lipinski definition) is 6. The van der Waals surface area contributed by atoms with Crippen LogP contribution in [-0.4, -0.2) is 56.6 Å². The molecule has 0 saturated carbocycles. The van der Waals surface area contributed by atoms with Gasteiger partial charge in [0.05, 0.1) is 6.04 Å². The van der Waals surface area contributed by atoms with Crippen molar-refractivity contribution in [3.63, 3.8) is 0 Å². The van der Waals surface area contributed by atoms with Gasteiger partial charge in [-0.1, -0.05) is 5.16 Å². The molecule has 1 unspecified atom stereocenters. The third kappa shape index (κ3) is 4.66. The van der Waals surface area contributed by atoms with Crippen molar-refractivity contribution in [1.82, 2.24) is 20.1 Å². The first-order valence-electron chi connectivity index (χ1n) is 7.27. The quantitative estimate of drug-likeness (QED) is 0.788. The molecule has 1 aromatic heterocycles. The molecule has 1 aromatic rings. The summed E-state index contributed by atoms with van der Waals surface area (Å²) in [6, 6.07) is -0.836. The maximum Gasteiger partial charge on any atom is 0.246 e. The molecule has 0 bridgehead atoms. The first-order chi connectivity index (χ1) is 10.3. The number of carbonyl (C=O) groups excluding carboxylic acids is 1. The summed E-state index contributed by atoms with van der Waals surface area (Å²) in [7, 11) is -3.84. The minimum absolute atomic E-state index is 0. The Morgan fingerprint density at radius 3 is 2.65 bits per heavy atom. The molecule has 2 heterocycles. The number of sulfonamides is 1. The number of aromatic nitrogens is 1. The van der Waals surface area contributed by atoms with Crippen LogP contribution in [0.15, 0.2) is 9.42 Å². The zero-order chi connectivity index (χ0) is 16.3. The molecular formula is C13H23ClN4O4S. The predicted molar refractivity (Wildman–Crippen MR) is 87.1 cm³/mol. The number of halogens is 1. The standard InChI is InChI=1S/C13H22N4O4S.ClH/c1-9-12(11(3)21-15-9)22(19,20)16-10(2)13(18)17-7-4-5-14-6-8-17;/h10,14,16H,4-8H2,1-3H3;1H. The Kier molecular flexibility index (Phi) is 7.00. The van der Waals surface area contributed by atoms with Crippen molar-refractivity contribution in [2.24, 2.45) is 0 Å². The van der Waals surface area contributed by atoms with E-state index in [2.05, 4.69) is 15.2 Å². The first kappa shape index (κ1) is 19.9. The zero-order valence-electron chi connectivity index (χ0n) is 13.5. The number of nitrogens with one attached hydrogen (secondary N) is 2. The van der Waals surface area contributed by atoms with Crippen molar-refractivity contribution in [3.8, 4) is 0 Å². The van der Waals surface area contributed by atoms with Crippen LogP contribution in [0, 0.1) is 13.8 Å². The number of carbonyl (C=O) groups is 1. The predicted octanol–water partition coefficient (Wildman–Crippen LogP) is 0.202. The fraction of sp³-hybridized carbons (Fsp3) is 0.692. The summed E-state index contributed by atoms with van der Waals surface area (Å²) in [6.45, 7) is 7.42. The van der Waals surface area contributed by atoms with E-state index in [1.165, 1.54) is 6.92 Å². The van der Waals surface area contributed by atoms with Crippen molar-refractivity contribution in [2.45, 2.75) is 38.1 Å². The van der Waals surface area contributed by atoms with Crippen LogP contribution in [0.2, 0.25) is 0 Å². The molecule has 2 rings (SSSR count). The van der Waals surface area contributed by atoms with Crippen LogP contribution in [0.25, 0.3) is 0 Å². The highest BCUT2D eigenvalue weighted by Gasteiger charge is 2.30. The molecule has 1 saturated heterocycles. The summed E-state index contributed by atoms with van der Waals surface area (Å²) in [5.41, 5.74) is 0.281. The molecule has 10 heteroatoms. The lowest BCUT2D eigenvalue weighted by Gasteiger charge is -2.24. The third-order valence-electron chi connectivity index (χ3n) is 3.59. The third-order valence-corrected chi connectivity index (χ3v) is 5.37. The number of nitrogens with zero attached hydrogens (tertiary/aromatic N) is 2. The van der Waals surface area contributed by atoms with Crippen LogP contribution in [0.3, 0.4) is 0 Å². The lowest BCUT2D eigenvalue weighted by Crippen LogP contribution is -2.47. The molecule has 0 radical (unpaired) electrons. The molecule has 0 spiro atoms. The number of rotatable bonds is 4. The van der Waals surface area contributed by atoms with Gasteiger partial charge in [0, 0.05) is 19.6 Å². The molecule has 23 heavy (non-hydrogen) atoms. The van der Waals surface area contributed by atoms with Crippen LogP contribution < -0.4 is 10.0 Å². The van der Waals surface area contributed by atoms with Gasteiger partial charge in [-0.25, -0.2) is 8.42 Å². The Hall–Kier alpha value is -1.16. The van der Waals surface area contributed by atoms with E-state index < -0.39 is 16.1 Å². The van der Waals surface area contributed by atoms with Crippen molar-refractivity contribution >= 4 is 28.3 Å². The molecule has 1 atom stereocenters. The van der Waals surface area contributed by atoms with E-state index in [9.17, 15) is 13.2 Å². The monoisotopic (exact) mass is 366 g/mol. The van der Waals surface area contributed by atoms with Gasteiger partial charge in [-0.15, -0.1) is 12.4 Å². The van der Waals surface area contributed by atoms with Gasteiger partial charge in [0.1, 0.15) is 10.6 Å². The van der Waals surface area contributed by atoms with Crippen molar-refractivity contribution < 1.29 is 17.7 Å². The fourth-order valence-electron chi connectivity index (χ4n) is 2.54. The first-order valence-corrected chi connectivity index (χ1v) is 8.76. The van der Waals surface area contributed by atoms with Gasteiger partial charge >= 0.3 is 0 Å². The molecule has 8 nitrogen and oxygen atoms in total. The van der Waals surface area contributed by atoms with E-state index in [-0.39, 0.29) is 34.7 Å². The van der Waals surface area contributed by atoms with Crippen molar-refractivity contribution in [2.75, 3.05) is 26.2 Å². The number of amides is 1. The molecule has 0 aliphatic carbocycles. The Labute approximate surface area is 142 Å². The van der Waals surface area contributed by atoms with Crippen LogP contribution in [0.1, 0.15) is 24.8 Å². The summed E-state index contributed by atoms with van der Waals surface area (Å²) in [6.07, 6.45) is 0.856. The Balaban J connectivity index is 0.00000264. The van der Waals surface area contributed by atoms with Gasteiger partial charge in [-0.2, -0.15) is 4.72 Å². The van der Waals surface area contributed by atoms with Crippen molar-refractivity contribution in [1.29, 1.82) is 0 Å². The lowest BCUT2D eigenvalue weighted by atomic mass is 10.3. The maximum atomic E-state index is 12.4. The maximum absolute atomic E-state index is 12.4. The highest BCUT2D eigenvalue weighted by molar-refractivity contribution is 7.89. The second-order valence-electron chi connectivity index (χ2n) is 5.43. The normalized spacial score (nSPS) is 17.3. The van der Waals surface area contributed by atoms with Gasteiger partial charge < -0.3 is 14.7 Å². The lowest BCUT2D eigenvalue weighted by molar-refractivity contribution is -0.132. The zero-order valence-corrected chi connectivity index (χ0v) is 15.1. The number of aryl methyl sites for hydroxylation is 2. The van der Waals surface area contributed by atoms with Gasteiger partial charge in [0.25, 0.3) is 0 Å². The summed E-state index contributed by atoms with van der Waals surface area (Å²) < 4.78 is 32.1. The van der Waals surface area contributed by atoms with Crippen molar-refractivity contribution in [3.05, 3.63) is 11.5 Å². The van der Waals surface area contributed by atoms with Crippen LogP contribution >= 0.6 is 12.4 Å². The van der Waals surface area contributed by atoms with E-state index in [1.54, 1.807) is 18.7 Å². The van der Waals surface area contributed by atoms with E-state index in [0.717, 1.165) is 19.5 Å². The molecule has 0 aromatic carbocycles. The largest absolute Gasteiger partial charge is 0.360 e. The van der Waals surface area contributed by atoms with E-state index in [1.807, 2.05) is 0 Å². The molecule has 1 aliphatic rings. The smallest absolute Gasteiger partial charge is 0.246 e. The van der Waals surface area contributed by atoms with Crippen LogP contribution in [0.4, 0.5) is 0 Å². The topological polar surface area (TPSA) is 105 Å². The van der Waals surface area contributed by atoms with E-state index in [4.69, 9.17) is 4.52 Å². The second-order valence-corrected chi connectivity index (χ2v) is 7.08. The Morgan fingerprint density at radius 1 is 1.35 bits per heavy atom. The molecular weight excluding hydrogens is 344 g/mol. The Morgan fingerprint density at radius 2 is 2.04 bits per heavy atom. The van der Waals surface area contributed by atoms with Crippen LogP contribution in [0.5, 0.6) is 0 Å². The summed E-state index contributed by atoms with van der Waals surface area (Å²) in [5.74, 6) is -0.0114. The minimum Gasteiger partial charge on any atom is -0.360 e. The second kappa shape index (κ2) is 8.09. The molecule has 1 fully saturated rings. The van der Waals surface area contributed by atoms with Gasteiger partial charge in [-0.3, -0.25) is 4.79 Å². The number of hydrogen-bond donors (Lipinski definition) is 2. The van der Waals surface area contributed by atoms with Gasteiger partial charge in [0.15, 0.2) is 5.76 Å². The fourth-order valence-corrected chi connectivity index (χ4v) is 4.07. The summed E-state index contributed by atoms with van der Waals surface area (Å²) in [5, 5.41) is 6.84. The molecule has 1 aliphatic heterocycles. The highest BCUT2D eigenvalue weighted by Crippen LogP contribution is 2.19. The Bertz CT molecular complexity index is 619. The minimum atomic E-state index is -3.84. The van der Waals surface area contributed by atoms with E-state index in [0.29, 0.717) is 13.1 Å².